The summed E-state index contributed by atoms with van der Waals surface area (Å²) in [7, 11) is 2.20. The van der Waals surface area contributed by atoms with Gasteiger partial charge in [0.2, 0.25) is 11.5 Å². The van der Waals surface area contributed by atoms with Crippen molar-refractivity contribution in [3.05, 3.63) is 58.1 Å². The number of methoxy groups -OCH3 is 2. The van der Waals surface area contributed by atoms with Crippen LogP contribution < -0.4 is 0 Å². The Morgan fingerprint density at radius 2 is 1.62 bits per heavy atom. The number of esters is 2. The maximum absolute atomic E-state index is 12.3. The molecule has 0 saturated heterocycles. The fraction of sp³-hybridized carbons (Fsp3) is 0.294. The van der Waals surface area contributed by atoms with E-state index in [-0.39, 0.29) is 0 Å². The fourth-order valence-electron chi connectivity index (χ4n) is 3.51. The molecule has 24 heavy (non-hydrogen) atoms. The van der Waals surface area contributed by atoms with Crippen molar-refractivity contribution in [3.8, 4) is 0 Å². The number of nitrogens with zero attached hydrogens (tertiary/aromatic N) is 1. The van der Waals surface area contributed by atoms with Crippen molar-refractivity contribution in [2.45, 2.75) is 12.0 Å². The maximum Gasteiger partial charge on any atom is 0.331 e. The Morgan fingerprint density at radius 1 is 1.04 bits per heavy atom. The number of ether oxygens (including phenoxy) is 2. The van der Waals surface area contributed by atoms with Crippen LogP contribution in [0.4, 0.5) is 0 Å². The second-order valence-electron chi connectivity index (χ2n) is 5.63. The lowest BCUT2D eigenvalue weighted by molar-refractivity contribution is -0.501. The Morgan fingerprint density at radius 3 is 2.21 bits per heavy atom. The van der Waals surface area contributed by atoms with Gasteiger partial charge in [0.15, 0.2) is 0 Å². The van der Waals surface area contributed by atoms with E-state index < -0.39 is 34.2 Å². The lowest BCUT2D eigenvalue weighted by Crippen LogP contribution is -2.34. The van der Waals surface area contributed by atoms with E-state index in [1.165, 1.54) is 0 Å². The van der Waals surface area contributed by atoms with Crippen LogP contribution in [0.2, 0.25) is 0 Å². The highest BCUT2D eigenvalue weighted by atomic mass is 16.6. The van der Waals surface area contributed by atoms with Crippen LogP contribution in [-0.2, 0) is 19.1 Å². The number of fused-ring (bicyclic) bond motifs is 1. The fourth-order valence-corrected chi connectivity index (χ4v) is 3.51. The molecule has 0 spiro atoms. The molecule has 7 heteroatoms. The van der Waals surface area contributed by atoms with Crippen LogP contribution in [-0.4, -0.2) is 37.1 Å². The summed E-state index contributed by atoms with van der Waals surface area (Å²) in [6, 6.07) is 11.2. The van der Waals surface area contributed by atoms with Gasteiger partial charge in [-0.05, 0) is 16.3 Å². The number of nitro groups is 1. The maximum atomic E-state index is 12.3. The van der Waals surface area contributed by atoms with Gasteiger partial charge < -0.3 is 9.47 Å². The van der Waals surface area contributed by atoms with Gasteiger partial charge in [0.05, 0.1) is 20.1 Å². The first-order valence-corrected chi connectivity index (χ1v) is 7.28. The SMILES string of the molecule is COC(=O)C1(C(=O)OC)[C@H](c2cccc3ccccc23)[C@H]1[N+](=O)[O-]. The summed E-state index contributed by atoms with van der Waals surface area (Å²) in [5.74, 6) is -2.83. The monoisotopic (exact) mass is 329 g/mol. The quantitative estimate of drug-likeness (QED) is 0.368. The summed E-state index contributed by atoms with van der Waals surface area (Å²) in [5.41, 5.74) is -1.39. The van der Waals surface area contributed by atoms with Crippen LogP contribution in [0.15, 0.2) is 42.5 Å². The zero-order chi connectivity index (χ0) is 17.5. The molecule has 3 rings (SSSR count). The highest BCUT2D eigenvalue weighted by Crippen LogP contribution is 2.63. The van der Waals surface area contributed by atoms with E-state index in [1.54, 1.807) is 24.3 Å². The van der Waals surface area contributed by atoms with E-state index in [1.807, 2.05) is 18.2 Å². The molecule has 0 N–H and O–H groups in total. The first-order valence-electron chi connectivity index (χ1n) is 7.28. The lowest BCUT2D eigenvalue weighted by Gasteiger charge is -2.11. The molecule has 2 aromatic rings. The molecule has 2 atom stereocenters. The number of carbonyl (C=O) groups is 2. The van der Waals surface area contributed by atoms with Crippen molar-refractivity contribution in [3.63, 3.8) is 0 Å². The van der Waals surface area contributed by atoms with Crippen LogP contribution in [0.3, 0.4) is 0 Å². The van der Waals surface area contributed by atoms with Gasteiger partial charge in [0, 0.05) is 4.92 Å². The van der Waals surface area contributed by atoms with Crippen LogP contribution >= 0.6 is 0 Å². The molecule has 0 unspecified atom stereocenters. The zero-order valence-corrected chi connectivity index (χ0v) is 13.1. The third-order valence-electron chi connectivity index (χ3n) is 4.60. The molecular weight excluding hydrogens is 314 g/mol. The summed E-state index contributed by atoms with van der Waals surface area (Å²) in [6.07, 6.45) is 0. The first-order chi connectivity index (χ1) is 11.5. The standard InChI is InChI=1S/C17H15NO6/c1-23-15(19)17(16(20)24-2)13(14(17)18(21)22)12-9-5-7-10-6-3-4-8-11(10)12/h3-9,13-14H,1-2H3/t13-,14-/m1/s1. The largest absolute Gasteiger partial charge is 0.468 e. The highest BCUT2D eigenvalue weighted by molar-refractivity contribution is 6.07. The topological polar surface area (TPSA) is 95.7 Å². The minimum Gasteiger partial charge on any atom is -0.468 e. The predicted molar refractivity (Wildman–Crippen MR) is 83.9 cm³/mol. The zero-order valence-electron chi connectivity index (χ0n) is 13.1. The van der Waals surface area contributed by atoms with Gasteiger partial charge in [0.1, 0.15) is 0 Å². The molecule has 1 aliphatic carbocycles. The summed E-state index contributed by atoms with van der Waals surface area (Å²) < 4.78 is 9.40. The summed E-state index contributed by atoms with van der Waals surface area (Å²) >= 11 is 0. The van der Waals surface area contributed by atoms with Gasteiger partial charge in [-0.2, -0.15) is 0 Å². The van der Waals surface area contributed by atoms with Gasteiger partial charge in [-0.1, -0.05) is 42.5 Å². The van der Waals surface area contributed by atoms with Gasteiger partial charge in [0.25, 0.3) is 0 Å². The van der Waals surface area contributed by atoms with E-state index in [9.17, 15) is 19.7 Å². The molecule has 7 nitrogen and oxygen atoms in total. The molecule has 0 aromatic heterocycles. The molecule has 1 aliphatic rings. The smallest absolute Gasteiger partial charge is 0.331 e. The third-order valence-corrected chi connectivity index (χ3v) is 4.60. The van der Waals surface area contributed by atoms with Crippen LogP contribution in [0.25, 0.3) is 10.8 Å². The Bertz CT molecular complexity index is 825. The average molecular weight is 329 g/mol. The molecule has 124 valence electrons. The normalized spacial score (nSPS) is 21.1. The van der Waals surface area contributed by atoms with Crippen LogP contribution in [0.1, 0.15) is 11.5 Å². The van der Waals surface area contributed by atoms with Crippen molar-refractivity contribution < 1.29 is 24.0 Å². The minimum absolute atomic E-state index is 0.561. The lowest BCUT2D eigenvalue weighted by atomic mass is 9.95. The predicted octanol–water partition coefficient (Wildman–Crippen LogP) is 1.91. The Balaban J connectivity index is 2.23. The van der Waals surface area contributed by atoms with Gasteiger partial charge in [-0.3, -0.25) is 19.7 Å². The second-order valence-corrected chi connectivity index (χ2v) is 5.63. The van der Waals surface area contributed by atoms with Crippen LogP contribution in [0.5, 0.6) is 0 Å². The molecule has 0 heterocycles. The molecular formula is C17H15NO6. The molecule has 1 fully saturated rings. The van der Waals surface area contributed by atoms with Gasteiger partial charge in [-0.15, -0.1) is 0 Å². The third kappa shape index (κ3) is 1.97. The van der Waals surface area contributed by atoms with Crippen molar-refractivity contribution in [1.29, 1.82) is 0 Å². The van der Waals surface area contributed by atoms with E-state index in [4.69, 9.17) is 9.47 Å². The Hall–Kier alpha value is -2.96. The molecule has 0 aliphatic heterocycles. The molecule has 0 bridgehead atoms. The number of hydrogen-bond donors (Lipinski definition) is 0. The Kier molecular flexibility index (Phi) is 3.71. The van der Waals surface area contributed by atoms with Crippen molar-refractivity contribution >= 4 is 22.7 Å². The second kappa shape index (κ2) is 5.59. The van der Waals surface area contributed by atoms with Crippen molar-refractivity contribution in [2.24, 2.45) is 5.41 Å². The van der Waals surface area contributed by atoms with E-state index in [0.717, 1.165) is 25.0 Å². The highest BCUT2D eigenvalue weighted by Gasteiger charge is 2.85. The minimum atomic E-state index is -1.95. The molecule has 1 saturated carbocycles. The molecule has 2 aromatic carbocycles. The number of benzene rings is 2. The Labute approximate surface area is 137 Å². The summed E-state index contributed by atoms with van der Waals surface area (Å²) in [5, 5.41) is 13.2. The number of carbonyl (C=O) groups excluding carboxylic acids is 2. The molecule has 0 radical (unpaired) electrons. The van der Waals surface area contributed by atoms with Gasteiger partial charge in [-0.25, -0.2) is 0 Å². The summed E-state index contributed by atoms with van der Waals surface area (Å²) in [4.78, 5) is 35.5. The van der Waals surface area contributed by atoms with E-state index in [0.29, 0.717) is 5.56 Å². The van der Waals surface area contributed by atoms with E-state index in [2.05, 4.69) is 0 Å². The number of hydrogen-bond acceptors (Lipinski definition) is 6. The van der Waals surface area contributed by atoms with Gasteiger partial charge >= 0.3 is 11.9 Å². The van der Waals surface area contributed by atoms with Crippen molar-refractivity contribution in [1.82, 2.24) is 0 Å². The summed E-state index contributed by atoms with van der Waals surface area (Å²) in [6.45, 7) is 0. The first kappa shape index (κ1) is 15.9. The average Bonchev–Trinajstić information content (AvgIpc) is 3.31. The van der Waals surface area contributed by atoms with E-state index >= 15 is 0 Å². The number of rotatable bonds is 4. The van der Waals surface area contributed by atoms with Crippen LogP contribution in [0, 0.1) is 15.5 Å². The molecule has 0 amide bonds. The van der Waals surface area contributed by atoms with Crippen molar-refractivity contribution in [2.75, 3.05) is 14.2 Å².